The molecule has 1 atom stereocenters. The van der Waals surface area contributed by atoms with Crippen LogP contribution in [0.4, 0.5) is 4.79 Å². The van der Waals surface area contributed by atoms with Crippen LogP contribution in [0, 0.1) is 0 Å². The molecule has 2 heterocycles. The van der Waals surface area contributed by atoms with Crippen molar-refractivity contribution in [1.82, 2.24) is 4.90 Å². The van der Waals surface area contributed by atoms with Gasteiger partial charge >= 0.3 is 12.0 Å². The second-order valence-electron chi connectivity index (χ2n) is 3.70. The van der Waals surface area contributed by atoms with E-state index in [-0.39, 0.29) is 6.10 Å². The van der Waals surface area contributed by atoms with Gasteiger partial charge in [-0.2, -0.15) is 0 Å². The van der Waals surface area contributed by atoms with E-state index in [4.69, 9.17) is 22.1 Å². The van der Waals surface area contributed by atoms with Crippen LogP contribution in [0.25, 0.3) is 0 Å². The molecule has 0 spiro atoms. The molecule has 0 radical (unpaired) electrons. The van der Waals surface area contributed by atoms with E-state index in [1.54, 1.807) is 12.1 Å². The van der Waals surface area contributed by atoms with Gasteiger partial charge < -0.3 is 15.4 Å². The molecule has 1 unspecified atom stereocenters. The predicted molar refractivity (Wildman–Crippen MR) is 64.3 cm³/mol. The SMILES string of the molecule is NC(=O)N1CCC(OC(=O)c2ccc(Cl)s2)C1. The molecule has 1 aliphatic rings. The highest BCUT2D eigenvalue weighted by atomic mass is 35.5. The molecule has 92 valence electrons. The minimum absolute atomic E-state index is 0.282. The number of thiophene rings is 1. The van der Waals surface area contributed by atoms with Crippen molar-refractivity contribution in [2.24, 2.45) is 5.73 Å². The maximum Gasteiger partial charge on any atom is 0.348 e. The summed E-state index contributed by atoms with van der Waals surface area (Å²) in [4.78, 5) is 24.5. The highest BCUT2D eigenvalue weighted by Gasteiger charge is 2.28. The van der Waals surface area contributed by atoms with E-state index in [0.717, 1.165) is 0 Å². The number of esters is 1. The number of nitrogens with zero attached hydrogens (tertiary/aromatic N) is 1. The minimum atomic E-state index is -0.484. The quantitative estimate of drug-likeness (QED) is 0.835. The number of primary amides is 1. The number of rotatable bonds is 2. The fraction of sp³-hybridized carbons (Fsp3) is 0.400. The minimum Gasteiger partial charge on any atom is -0.456 e. The molecule has 0 aliphatic carbocycles. The van der Waals surface area contributed by atoms with E-state index in [2.05, 4.69) is 0 Å². The average Bonchev–Trinajstić information content (AvgIpc) is 2.86. The lowest BCUT2D eigenvalue weighted by molar-refractivity contribution is 0.0334. The Balaban J connectivity index is 1.90. The zero-order chi connectivity index (χ0) is 12.4. The average molecular weight is 275 g/mol. The summed E-state index contributed by atoms with van der Waals surface area (Å²) in [7, 11) is 0. The molecule has 2 N–H and O–H groups in total. The van der Waals surface area contributed by atoms with Crippen LogP contribution in [0.1, 0.15) is 16.1 Å². The zero-order valence-corrected chi connectivity index (χ0v) is 10.5. The fourth-order valence-corrected chi connectivity index (χ4v) is 2.58. The van der Waals surface area contributed by atoms with Crippen LogP contribution in [0.15, 0.2) is 12.1 Å². The smallest absolute Gasteiger partial charge is 0.348 e. The lowest BCUT2D eigenvalue weighted by Crippen LogP contribution is -2.34. The number of halogens is 1. The lowest BCUT2D eigenvalue weighted by atomic mass is 10.3. The first-order valence-corrected chi connectivity index (χ1v) is 6.26. The zero-order valence-electron chi connectivity index (χ0n) is 8.89. The monoisotopic (exact) mass is 274 g/mol. The van der Waals surface area contributed by atoms with Crippen LogP contribution < -0.4 is 5.73 Å². The maximum absolute atomic E-state index is 11.7. The number of nitrogens with two attached hydrogens (primary N) is 1. The van der Waals surface area contributed by atoms with Gasteiger partial charge in [0.1, 0.15) is 11.0 Å². The van der Waals surface area contributed by atoms with Crippen LogP contribution in [0.3, 0.4) is 0 Å². The standard InChI is InChI=1S/C10H11ClN2O3S/c11-8-2-1-7(17-8)9(14)16-6-3-4-13(5-6)10(12)15/h1-2,6H,3-5H2,(H2,12,15). The second-order valence-corrected chi connectivity index (χ2v) is 5.42. The van der Waals surface area contributed by atoms with Gasteiger partial charge in [-0.3, -0.25) is 0 Å². The molecule has 1 aromatic heterocycles. The molecule has 0 bridgehead atoms. The van der Waals surface area contributed by atoms with Gasteiger partial charge in [0.2, 0.25) is 0 Å². The van der Waals surface area contributed by atoms with Crippen LogP contribution in [0.2, 0.25) is 4.34 Å². The molecule has 5 nitrogen and oxygen atoms in total. The third kappa shape index (κ3) is 2.89. The first-order chi connectivity index (χ1) is 8.06. The van der Waals surface area contributed by atoms with Gasteiger partial charge in [-0.25, -0.2) is 9.59 Å². The van der Waals surface area contributed by atoms with Gasteiger partial charge in [0.25, 0.3) is 0 Å². The predicted octanol–water partition coefficient (Wildman–Crippen LogP) is 1.71. The van der Waals surface area contributed by atoms with Crippen molar-refractivity contribution in [2.75, 3.05) is 13.1 Å². The summed E-state index contributed by atoms with van der Waals surface area (Å²) >= 11 is 6.90. The lowest BCUT2D eigenvalue weighted by Gasteiger charge is -2.13. The number of amides is 2. The molecule has 1 fully saturated rings. The Hall–Kier alpha value is -1.27. The Bertz CT molecular complexity index is 449. The normalized spacial score (nSPS) is 19.4. The summed E-state index contributed by atoms with van der Waals surface area (Å²) in [5.74, 6) is -0.404. The van der Waals surface area contributed by atoms with Gasteiger partial charge in [0, 0.05) is 13.0 Å². The Morgan fingerprint density at radius 1 is 1.53 bits per heavy atom. The molecule has 1 aromatic rings. The molecular weight excluding hydrogens is 264 g/mol. The number of carbonyl (C=O) groups excluding carboxylic acids is 2. The van der Waals surface area contributed by atoms with Crippen molar-refractivity contribution in [1.29, 1.82) is 0 Å². The first-order valence-electron chi connectivity index (χ1n) is 5.07. The van der Waals surface area contributed by atoms with Crippen LogP contribution in [-0.2, 0) is 4.74 Å². The van der Waals surface area contributed by atoms with Crippen molar-refractivity contribution in [3.8, 4) is 0 Å². The van der Waals surface area contributed by atoms with Gasteiger partial charge in [-0.05, 0) is 12.1 Å². The molecule has 2 rings (SSSR count). The third-order valence-electron chi connectivity index (χ3n) is 2.50. The van der Waals surface area contributed by atoms with E-state index in [0.29, 0.717) is 28.7 Å². The highest BCUT2D eigenvalue weighted by Crippen LogP contribution is 2.23. The molecular formula is C10H11ClN2O3S. The van der Waals surface area contributed by atoms with E-state index < -0.39 is 12.0 Å². The number of urea groups is 1. The second kappa shape index (κ2) is 4.93. The molecule has 0 saturated carbocycles. The summed E-state index contributed by atoms with van der Waals surface area (Å²) < 4.78 is 5.80. The van der Waals surface area contributed by atoms with E-state index >= 15 is 0 Å². The number of hydrogen-bond donors (Lipinski definition) is 1. The van der Waals surface area contributed by atoms with E-state index in [1.165, 1.54) is 16.2 Å². The van der Waals surface area contributed by atoms with Crippen LogP contribution in [-0.4, -0.2) is 36.1 Å². The number of hydrogen-bond acceptors (Lipinski definition) is 4. The van der Waals surface area contributed by atoms with Gasteiger partial charge in [0.15, 0.2) is 0 Å². The fourth-order valence-electron chi connectivity index (χ4n) is 1.66. The van der Waals surface area contributed by atoms with Gasteiger partial charge in [0.05, 0.1) is 10.9 Å². The molecule has 7 heteroatoms. The Labute approximate surface area is 107 Å². The summed E-state index contributed by atoms with van der Waals surface area (Å²) in [5.41, 5.74) is 5.14. The molecule has 17 heavy (non-hydrogen) atoms. The Morgan fingerprint density at radius 2 is 2.29 bits per heavy atom. The van der Waals surface area contributed by atoms with Crippen LogP contribution in [0.5, 0.6) is 0 Å². The summed E-state index contributed by atoms with van der Waals surface area (Å²) in [6.07, 6.45) is 0.337. The first kappa shape index (κ1) is 12.2. The number of likely N-dealkylation sites (tertiary alicyclic amines) is 1. The number of ether oxygens (including phenoxy) is 1. The summed E-state index contributed by atoms with van der Waals surface area (Å²) in [5, 5.41) is 0. The van der Waals surface area contributed by atoms with Crippen molar-refractivity contribution in [3.63, 3.8) is 0 Å². The van der Waals surface area contributed by atoms with Crippen molar-refractivity contribution in [3.05, 3.63) is 21.3 Å². The maximum atomic E-state index is 11.7. The number of carbonyl (C=O) groups is 2. The van der Waals surface area contributed by atoms with E-state index in [1.807, 2.05) is 0 Å². The largest absolute Gasteiger partial charge is 0.456 e. The van der Waals surface area contributed by atoms with Crippen molar-refractivity contribution >= 4 is 34.9 Å². The molecule has 2 amide bonds. The highest BCUT2D eigenvalue weighted by molar-refractivity contribution is 7.17. The summed E-state index contributed by atoms with van der Waals surface area (Å²) in [6.45, 7) is 0.888. The molecule has 1 aliphatic heterocycles. The molecule has 0 aromatic carbocycles. The van der Waals surface area contributed by atoms with Gasteiger partial charge in [-0.15, -0.1) is 11.3 Å². The van der Waals surface area contributed by atoms with Crippen molar-refractivity contribution in [2.45, 2.75) is 12.5 Å². The Morgan fingerprint density at radius 3 is 2.82 bits per heavy atom. The third-order valence-corrected chi connectivity index (χ3v) is 3.72. The topological polar surface area (TPSA) is 72.6 Å². The van der Waals surface area contributed by atoms with E-state index in [9.17, 15) is 9.59 Å². The molecule has 1 saturated heterocycles. The van der Waals surface area contributed by atoms with Crippen molar-refractivity contribution < 1.29 is 14.3 Å². The van der Waals surface area contributed by atoms with Gasteiger partial charge in [-0.1, -0.05) is 11.6 Å². The Kier molecular flexibility index (Phi) is 3.54. The van der Waals surface area contributed by atoms with Crippen LogP contribution >= 0.6 is 22.9 Å². The summed E-state index contributed by atoms with van der Waals surface area (Å²) in [6, 6.07) is 2.78.